The number of methoxy groups -OCH3 is 1. The Labute approximate surface area is 207 Å². The molecule has 0 spiro atoms. The summed E-state index contributed by atoms with van der Waals surface area (Å²) in [7, 11) is 1.68. The van der Waals surface area contributed by atoms with Crippen LogP contribution in [0, 0.1) is 0 Å². The fourth-order valence-electron chi connectivity index (χ4n) is 5.65. The molecule has 1 amide bonds. The average molecular weight is 472 g/mol. The minimum Gasteiger partial charge on any atom is -0.497 e. The van der Waals surface area contributed by atoms with E-state index in [0.29, 0.717) is 13.0 Å². The summed E-state index contributed by atoms with van der Waals surface area (Å²) < 4.78 is 5.37. The zero-order chi connectivity index (χ0) is 24.2. The number of carbonyl (C=O) groups is 1. The molecule has 3 atom stereocenters. The summed E-state index contributed by atoms with van der Waals surface area (Å²) >= 11 is 0. The first-order valence-corrected chi connectivity index (χ1v) is 12.5. The van der Waals surface area contributed by atoms with Crippen LogP contribution in [0.15, 0.2) is 73.1 Å². The first-order valence-electron chi connectivity index (χ1n) is 12.5. The molecule has 2 aliphatic heterocycles. The Kier molecular flexibility index (Phi) is 7.11. The van der Waals surface area contributed by atoms with E-state index in [1.165, 1.54) is 5.56 Å². The highest BCUT2D eigenvalue weighted by atomic mass is 16.5. The lowest BCUT2D eigenvalue weighted by atomic mass is 9.74. The van der Waals surface area contributed by atoms with Gasteiger partial charge in [-0.25, -0.2) is 0 Å². The Morgan fingerprint density at radius 3 is 2.54 bits per heavy atom. The van der Waals surface area contributed by atoms with Gasteiger partial charge in [-0.2, -0.15) is 0 Å². The van der Waals surface area contributed by atoms with Gasteiger partial charge in [0.15, 0.2) is 0 Å². The molecular weight excluding hydrogens is 438 g/mol. The lowest BCUT2D eigenvalue weighted by molar-refractivity contribution is -0.135. The average Bonchev–Trinajstić information content (AvgIpc) is 2.88. The normalized spacial score (nSPS) is 22.5. The molecule has 0 aliphatic carbocycles. The molecule has 0 bridgehead atoms. The summed E-state index contributed by atoms with van der Waals surface area (Å²) in [6.07, 6.45) is 5.90. The highest BCUT2D eigenvalue weighted by Gasteiger charge is 2.49. The second-order valence-electron chi connectivity index (χ2n) is 9.51. The second-order valence-corrected chi connectivity index (χ2v) is 9.51. The number of hydrogen-bond acceptors (Lipinski definition) is 5. The smallest absolute Gasteiger partial charge is 0.227 e. The van der Waals surface area contributed by atoms with Crippen LogP contribution in [-0.2, 0) is 11.2 Å². The predicted molar refractivity (Wildman–Crippen MR) is 136 cm³/mol. The summed E-state index contributed by atoms with van der Waals surface area (Å²) in [6.45, 7) is 2.59. The van der Waals surface area contributed by atoms with Crippen molar-refractivity contribution in [3.63, 3.8) is 0 Å². The number of nitrogens with zero attached hydrogens (tertiary/aromatic N) is 3. The maximum atomic E-state index is 13.2. The Hall–Kier alpha value is -3.22. The number of fused-ring (bicyclic) bond motifs is 1. The van der Waals surface area contributed by atoms with Gasteiger partial charge < -0.3 is 14.7 Å². The topological polar surface area (TPSA) is 65.9 Å². The summed E-state index contributed by atoms with van der Waals surface area (Å²) in [5.41, 5.74) is 4.47. The number of aliphatic hydroxyl groups excluding tert-OH is 1. The maximum Gasteiger partial charge on any atom is 0.227 e. The number of ether oxygens (including phenoxy) is 1. The van der Waals surface area contributed by atoms with Crippen molar-refractivity contribution in [3.05, 3.63) is 84.2 Å². The predicted octanol–water partition coefficient (Wildman–Crippen LogP) is 3.75. The van der Waals surface area contributed by atoms with Crippen LogP contribution in [0.1, 0.15) is 29.9 Å². The van der Waals surface area contributed by atoms with Gasteiger partial charge in [0, 0.05) is 43.5 Å². The van der Waals surface area contributed by atoms with E-state index in [-0.39, 0.29) is 30.5 Å². The van der Waals surface area contributed by atoms with E-state index in [1.54, 1.807) is 19.5 Å². The van der Waals surface area contributed by atoms with Gasteiger partial charge in [0.2, 0.25) is 5.91 Å². The number of amides is 1. The van der Waals surface area contributed by atoms with Crippen molar-refractivity contribution < 1.29 is 14.6 Å². The van der Waals surface area contributed by atoms with E-state index in [4.69, 9.17) is 4.74 Å². The molecule has 0 saturated carbocycles. The molecule has 2 aliphatic rings. The van der Waals surface area contributed by atoms with Crippen molar-refractivity contribution in [3.8, 4) is 16.9 Å². The summed E-state index contributed by atoms with van der Waals surface area (Å²) in [4.78, 5) is 21.7. The fraction of sp³-hybridized carbons (Fsp3) is 0.379. The fourth-order valence-corrected chi connectivity index (χ4v) is 5.65. The molecule has 1 N–H and O–H groups in total. The molecule has 2 fully saturated rings. The van der Waals surface area contributed by atoms with Gasteiger partial charge in [0.1, 0.15) is 5.75 Å². The van der Waals surface area contributed by atoms with Gasteiger partial charge in [0.05, 0.1) is 20.1 Å². The van der Waals surface area contributed by atoms with Crippen LogP contribution in [0.2, 0.25) is 0 Å². The number of aliphatic hydroxyl groups is 1. The van der Waals surface area contributed by atoms with Gasteiger partial charge in [-0.1, -0.05) is 36.4 Å². The molecule has 6 nitrogen and oxygen atoms in total. The highest BCUT2D eigenvalue weighted by molar-refractivity contribution is 5.78. The van der Waals surface area contributed by atoms with Crippen LogP contribution in [0.3, 0.4) is 0 Å². The van der Waals surface area contributed by atoms with Gasteiger partial charge in [-0.15, -0.1) is 0 Å². The largest absolute Gasteiger partial charge is 0.497 e. The van der Waals surface area contributed by atoms with Crippen molar-refractivity contribution in [2.75, 3.05) is 33.4 Å². The zero-order valence-corrected chi connectivity index (χ0v) is 20.2. The Balaban J connectivity index is 1.35. The van der Waals surface area contributed by atoms with Gasteiger partial charge in [0.25, 0.3) is 0 Å². The van der Waals surface area contributed by atoms with Crippen molar-refractivity contribution >= 4 is 5.91 Å². The first kappa shape index (κ1) is 23.5. The SMILES string of the molecule is COc1cccc(-c2ccc(C3[C@@H](CO)N4CCCCN(C(=O)Cc5ccncc5)C[C@@H]34)cc2)c1. The van der Waals surface area contributed by atoms with Crippen molar-refractivity contribution in [1.29, 1.82) is 0 Å². The van der Waals surface area contributed by atoms with Crippen molar-refractivity contribution in [2.45, 2.75) is 37.3 Å². The summed E-state index contributed by atoms with van der Waals surface area (Å²) in [5, 5.41) is 10.2. The van der Waals surface area contributed by atoms with Gasteiger partial charge in [-0.05, 0) is 65.9 Å². The van der Waals surface area contributed by atoms with Gasteiger partial charge in [-0.3, -0.25) is 14.7 Å². The Morgan fingerprint density at radius 2 is 1.80 bits per heavy atom. The molecule has 3 heterocycles. The van der Waals surface area contributed by atoms with Crippen LogP contribution >= 0.6 is 0 Å². The minimum absolute atomic E-state index is 0.0953. The second kappa shape index (κ2) is 10.6. The quantitative estimate of drug-likeness (QED) is 0.593. The number of carbonyl (C=O) groups excluding carboxylic acids is 1. The van der Waals surface area contributed by atoms with Crippen LogP contribution in [-0.4, -0.2) is 71.2 Å². The molecule has 3 aromatic rings. The molecule has 2 saturated heterocycles. The monoisotopic (exact) mass is 471 g/mol. The summed E-state index contributed by atoms with van der Waals surface area (Å²) in [5.74, 6) is 1.21. The van der Waals surface area contributed by atoms with Gasteiger partial charge >= 0.3 is 0 Å². The summed E-state index contributed by atoms with van der Waals surface area (Å²) in [6, 6.07) is 20.9. The number of hydrogen-bond donors (Lipinski definition) is 1. The zero-order valence-electron chi connectivity index (χ0n) is 20.2. The molecular formula is C29H33N3O3. The van der Waals surface area contributed by atoms with E-state index >= 15 is 0 Å². The minimum atomic E-state index is 0.0953. The van der Waals surface area contributed by atoms with Crippen LogP contribution in [0.5, 0.6) is 5.75 Å². The Bertz CT molecular complexity index is 1140. The number of rotatable bonds is 6. The molecule has 0 radical (unpaired) electrons. The van der Waals surface area contributed by atoms with E-state index in [0.717, 1.165) is 48.4 Å². The first-order chi connectivity index (χ1) is 17.2. The van der Waals surface area contributed by atoms with Crippen LogP contribution < -0.4 is 4.74 Å². The van der Waals surface area contributed by atoms with E-state index in [2.05, 4.69) is 40.2 Å². The standard InChI is InChI=1S/C29H33N3O3/c1-35-25-6-4-5-24(18-25)22-7-9-23(10-8-22)29-26-19-31(15-2-3-16-32(26)27(29)20-33)28(34)17-21-11-13-30-14-12-21/h4-14,18,26-27,29,33H,2-3,15-17,19-20H2,1H3/t26-,27+,29?/m0/s1. The molecule has 182 valence electrons. The van der Waals surface area contributed by atoms with E-state index in [9.17, 15) is 9.90 Å². The van der Waals surface area contributed by atoms with Crippen molar-refractivity contribution in [1.82, 2.24) is 14.8 Å². The molecule has 1 aromatic heterocycles. The third-order valence-electron chi connectivity index (χ3n) is 7.53. The van der Waals surface area contributed by atoms with Crippen molar-refractivity contribution in [2.24, 2.45) is 0 Å². The molecule has 5 rings (SSSR count). The lowest BCUT2D eigenvalue weighted by Gasteiger charge is -2.57. The third-order valence-corrected chi connectivity index (χ3v) is 7.53. The maximum absolute atomic E-state index is 13.2. The Morgan fingerprint density at radius 1 is 1.03 bits per heavy atom. The number of benzene rings is 2. The number of aromatic nitrogens is 1. The molecule has 35 heavy (non-hydrogen) atoms. The van der Waals surface area contributed by atoms with E-state index < -0.39 is 0 Å². The third kappa shape index (κ3) is 4.95. The molecule has 2 aromatic carbocycles. The van der Waals surface area contributed by atoms with Crippen LogP contribution in [0.25, 0.3) is 11.1 Å². The molecule has 6 heteroatoms. The molecule has 1 unspecified atom stereocenters. The highest BCUT2D eigenvalue weighted by Crippen LogP contribution is 2.42. The van der Waals surface area contributed by atoms with E-state index in [1.807, 2.05) is 35.2 Å². The number of pyridine rings is 1. The lowest BCUT2D eigenvalue weighted by Crippen LogP contribution is -2.68. The van der Waals surface area contributed by atoms with Crippen LogP contribution in [0.4, 0.5) is 0 Å².